The first-order chi connectivity index (χ1) is 9.42. The lowest BCUT2D eigenvalue weighted by Crippen LogP contribution is -2.69. The monoisotopic (exact) mass is 352 g/mol. The highest BCUT2D eigenvalue weighted by atomic mass is 19.4. The average molecular weight is 352 g/mol. The second-order valence-corrected chi connectivity index (χ2v) is 5.21. The lowest BCUT2D eigenvalue weighted by molar-refractivity contribution is -0.427. The molecule has 1 unspecified atom stereocenters. The summed E-state index contributed by atoms with van der Waals surface area (Å²) < 4.78 is 131. The SMILES string of the molecule is CC(C)CCOC(C)(C(F)(F)F)C(F)(F)C(F)(F)C(F)(F)F. The summed E-state index contributed by atoms with van der Waals surface area (Å²) in [6, 6.07) is 0. The van der Waals surface area contributed by atoms with Crippen molar-refractivity contribution in [2.45, 2.75) is 57.0 Å². The minimum atomic E-state index is -6.91. The van der Waals surface area contributed by atoms with Gasteiger partial charge in [-0.2, -0.15) is 43.9 Å². The van der Waals surface area contributed by atoms with Crippen LogP contribution < -0.4 is 0 Å². The number of rotatable bonds is 6. The molecule has 0 fully saturated rings. The van der Waals surface area contributed by atoms with Crippen molar-refractivity contribution in [1.82, 2.24) is 0 Å². The van der Waals surface area contributed by atoms with Gasteiger partial charge in [0.2, 0.25) is 5.60 Å². The molecule has 0 amide bonds. The number of hydrogen-bond acceptors (Lipinski definition) is 1. The fourth-order valence-corrected chi connectivity index (χ4v) is 1.33. The highest BCUT2D eigenvalue weighted by molar-refractivity contribution is 5.07. The largest absolute Gasteiger partial charge is 0.460 e. The van der Waals surface area contributed by atoms with Crippen molar-refractivity contribution >= 4 is 0 Å². The quantitative estimate of drug-likeness (QED) is 0.597. The van der Waals surface area contributed by atoms with Gasteiger partial charge in [-0.3, -0.25) is 0 Å². The second-order valence-electron chi connectivity index (χ2n) is 5.21. The first-order valence-corrected chi connectivity index (χ1v) is 5.95. The second kappa shape index (κ2) is 6.04. The van der Waals surface area contributed by atoms with Gasteiger partial charge in [-0.1, -0.05) is 13.8 Å². The Morgan fingerprint density at radius 3 is 1.41 bits per heavy atom. The van der Waals surface area contributed by atoms with E-state index in [0.717, 1.165) is 0 Å². The van der Waals surface area contributed by atoms with Crippen LogP contribution in [0, 0.1) is 5.92 Å². The molecular formula is C11H14F10O. The van der Waals surface area contributed by atoms with Crippen LogP contribution in [-0.4, -0.2) is 36.4 Å². The van der Waals surface area contributed by atoms with Gasteiger partial charge < -0.3 is 4.74 Å². The molecule has 0 aliphatic carbocycles. The fourth-order valence-electron chi connectivity index (χ4n) is 1.33. The van der Waals surface area contributed by atoms with Crippen LogP contribution >= 0.6 is 0 Å². The third-order valence-corrected chi connectivity index (χ3v) is 2.98. The predicted octanol–water partition coefficient (Wildman–Crippen LogP) is 5.20. The van der Waals surface area contributed by atoms with Crippen LogP contribution in [-0.2, 0) is 4.74 Å². The Balaban J connectivity index is 5.79. The first kappa shape index (κ1) is 21.3. The molecule has 134 valence electrons. The van der Waals surface area contributed by atoms with Gasteiger partial charge in [-0.15, -0.1) is 0 Å². The summed E-state index contributed by atoms with van der Waals surface area (Å²) >= 11 is 0. The maximum Gasteiger partial charge on any atom is 0.460 e. The number of alkyl halides is 10. The van der Waals surface area contributed by atoms with E-state index in [0.29, 0.717) is 0 Å². The molecule has 0 aliphatic heterocycles. The van der Waals surface area contributed by atoms with Gasteiger partial charge in [0, 0.05) is 6.61 Å². The molecule has 0 aliphatic rings. The summed E-state index contributed by atoms with van der Waals surface area (Å²) in [6.45, 7) is 1.36. The molecule has 0 rings (SSSR count). The summed E-state index contributed by atoms with van der Waals surface area (Å²) in [5, 5.41) is 0. The van der Waals surface area contributed by atoms with Gasteiger partial charge in [-0.25, -0.2) is 0 Å². The highest BCUT2D eigenvalue weighted by Crippen LogP contribution is 2.56. The van der Waals surface area contributed by atoms with Gasteiger partial charge in [0.15, 0.2) is 0 Å². The van der Waals surface area contributed by atoms with E-state index >= 15 is 0 Å². The molecule has 0 aromatic heterocycles. The van der Waals surface area contributed by atoms with E-state index in [1.54, 1.807) is 0 Å². The number of hydrogen-bond donors (Lipinski definition) is 0. The van der Waals surface area contributed by atoms with E-state index in [-0.39, 0.29) is 12.3 Å². The molecule has 0 N–H and O–H groups in total. The zero-order valence-corrected chi connectivity index (χ0v) is 11.7. The van der Waals surface area contributed by atoms with Gasteiger partial charge in [-0.05, 0) is 19.3 Å². The molecule has 0 heterocycles. The Morgan fingerprint density at radius 2 is 1.14 bits per heavy atom. The van der Waals surface area contributed by atoms with Gasteiger partial charge in [0.1, 0.15) is 0 Å². The smallest absolute Gasteiger partial charge is 0.360 e. The first-order valence-electron chi connectivity index (χ1n) is 5.95. The van der Waals surface area contributed by atoms with Crippen LogP contribution in [0.4, 0.5) is 43.9 Å². The maximum atomic E-state index is 13.5. The summed E-state index contributed by atoms with van der Waals surface area (Å²) in [4.78, 5) is 0. The topological polar surface area (TPSA) is 9.23 Å². The van der Waals surface area contributed by atoms with E-state index in [4.69, 9.17) is 0 Å². The van der Waals surface area contributed by atoms with Gasteiger partial charge >= 0.3 is 24.2 Å². The average Bonchev–Trinajstić information content (AvgIpc) is 2.24. The minimum absolute atomic E-state index is 0.237. The Hall–Kier alpha value is -0.740. The zero-order valence-electron chi connectivity index (χ0n) is 11.7. The van der Waals surface area contributed by atoms with Crippen LogP contribution in [0.25, 0.3) is 0 Å². The van der Waals surface area contributed by atoms with Crippen molar-refractivity contribution in [2.75, 3.05) is 6.61 Å². The third-order valence-electron chi connectivity index (χ3n) is 2.98. The zero-order chi connectivity index (χ0) is 18.2. The highest BCUT2D eigenvalue weighted by Gasteiger charge is 2.84. The summed E-state index contributed by atoms with van der Waals surface area (Å²) in [5.41, 5.74) is -4.99. The summed E-state index contributed by atoms with van der Waals surface area (Å²) in [5.74, 6) is -13.8. The molecule has 0 bridgehead atoms. The lowest BCUT2D eigenvalue weighted by atomic mass is 9.90. The van der Waals surface area contributed by atoms with Crippen molar-refractivity contribution in [2.24, 2.45) is 5.92 Å². The third kappa shape index (κ3) is 3.60. The molecular weight excluding hydrogens is 338 g/mol. The fraction of sp³-hybridized carbons (Fsp3) is 1.00. The Morgan fingerprint density at radius 1 is 0.727 bits per heavy atom. The van der Waals surface area contributed by atoms with Crippen molar-refractivity contribution in [3.05, 3.63) is 0 Å². The van der Waals surface area contributed by atoms with E-state index in [1.165, 1.54) is 13.8 Å². The van der Waals surface area contributed by atoms with Crippen LogP contribution in [0.5, 0.6) is 0 Å². The lowest BCUT2D eigenvalue weighted by Gasteiger charge is -2.42. The Kier molecular flexibility index (Phi) is 5.84. The molecule has 0 aromatic carbocycles. The van der Waals surface area contributed by atoms with Crippen LogP contribution in [0.1, 0.15) is 27.2 Å². The van der Waals surface area contributed by atoms with Gasteiger partial charge in [0.25, 0.3) is 0 Å². The normalized spacial score (nSPS) is 17.7. The molecule has 0 saturated heterocycles. The van der Waals surface area contributed by atoms with Crippen molar-refractivity contribution in [1.29, 1.82) is 0 Å². The minimum Gasteiger partial charge on any atom is -0.360 e. The molecule has 0 saturated carbocycles. The predicted molar refractivity (Wildman–Crippen MR) is 55.8 cm³/mol. The molecule has 0 radical (unpaired) electrons. The van der Waals surface area contributed by atoms with E-state index in [2.05, 4.69) is 4.74 Å². The van der Waals surface area contributed by atoms with E-state index in [1.807, 2.05) is 0 Å². The van der Waals surface area contributed by atoms with Crippen LogP contribution in [0.2, 0.25) is 0 Å². The van der Waals surface area contributed by atoms with Crippen molar-refractivity contribution in [3.8, 4) is 0 Å². The molecule has 1 nitrogen and oxygen atoms in total. The van der Waals surface area contributed by atoms with Crippen molar-refractivity contribution in [3.63, 3.8) is 0 Å². The molecule has 0 spiro atoms. The Labute approximate surface area is 119 Å². The van der Waals surface area contributed by atoms with Gasteiger partial charge in [0.05, 0.1) is 0 Å². The molecule has 1 atom stereocenters. The Bertz CT molecular complexity index is 370. The van der Waals surface area contributed by atoms with Crippen LogP contribution in [0.3, 0.4) is 0 Å². The van der Waals surface area contributed by atoms with E-state index < -0.39 is 43.3 Å². The molecule has 0 aromatic rings. The van der Waals surface area contributed by atoms with Crippen molar-refractivity contribution < 1.29 is 48.6 Å². The molecule has 22 heavy (non-hydrogen) atoms. The summed E-state index contributed by atoms with van der Waals surface area (Å²) in [6.07, 6.45) is -13.3. The number of ether oxygens (including phenoxy) is 1. The molecule has 11 heteroatoms. The van der Waals surface area contributed by atoms with Crippen LogP contribution in [0.15, 0.2) is 0 Å². The standard InChI is InChI=1S/C11H14F10O/c1-6(2)4-5-22-7(3,10(16,17)18)8(12,13)9(14,15)11(19,20)21/h6H,4-5H2,1-3H3. The van der Waals surface area contributed by atoms with E-state index in [9.17, 15) is 43.9 Å². The summed E-state index contributed by atoms with van der Waals surface area (Å²) in [7, 11) is 0. The maximum absolute atomic E-state index is 13.5. The number of halogens is 10.